The maximum atomic E-state index is 10.7. The third kappa shape index (κ3) is 2.29. The molecule has 0 spiro atoms. The molecule has 0 amide bonds. The van der Waals surface area contributed by atoms with E-state index >= 15 is 0 Å². The Labute approximate surface area is 132 Å². The van der Waals surface area contributed by atoms with Crippen molar-refractivity contribution < 1.29 is 5.11 Å². The third-order valence-electron chi connectivity index (χ3n) is 4.49. The smallest absolute Gasteiger partial charge is 0.124 e. The van der Waals surface area contributed by atoms with Gasteiger partial charge in [0, 0.05) is 37.6 Å². The average molecular weight is 308 g/mol. The van der Waals surface area contributed by atoms with Crippen LogP contribution in [0.1, 0.15) is 23.2 Å². The second-order valence-corrected chi connectivity index (χ2v) is 5.98. The van der Waals surface area contributed by atoms with Gasteiger partial charge in [0.05, 0.1) is 17.3 Å². The highest BCUT2D eigenvalue weighted by Gasteiger charge is 2.39. The van der Waals surface area contributed by atoms with E-state index in [4.69, 9.17) is 0 Å². The number of nitriles is 1. The van der Waals surface area contributed by atoms with Gasteiger partial charge in [0.15, 0.2) is 0 Å². The Morgan fingerprint density at radius 1 is 1.43 bits per heavy atom. The van der Waals surface area contributed by atoms with Crippen molar-refractivity contribution in [3.63, 3.8) is 0 Å². The fourth-order valence-corrected chi connectivity index (χ4v) is 3.31. The summed E-state index contributed by atoms with van der Waals surface area (Å²) in [5.74, 6) is 0. The molecule has 1 atom stereocenters. The highest BCUT2D eigenvalue weighted by atomic mass is 16.3. The van der Waals surface area contributed by atoms with Gasteiger partial charge in [-0.15, -0.1) is 0 Å². The second-order valence-electron chi connectivity index (χ2n) is 5.98. The Morgan fingerprint density at radius 2 is 2.35 bits per heavy atom. The van der Waals surface area contributed by atoms with Crippen LogP contribution in [-0.4, -0.2) is 42.9 Å². The number of pyridine rings is 1. The number of nitrogens with one attached hydrogen (secondary N) is 1. The van der Waals surface area contributed by atoms with Crippen LogP contribution in [0, 0.1) is 11.3 Å². The Balaban J connectivity index is 1.59. The molecule has 1 aliphatic heterocycles. The van der Waals surface area contributed by atoms with Gasteiger partial charge in [-0.1, -0.05) is 6.07 Å². The van der Waals surface area contributed by atoms with Crippen LogP contribution < -0.4 is 0 Å². The number of fused-ring (bicyclic) bond motifs is 1. The molecule has 0 unspecified atom stereocenters. The number of H-pyrrole nitrogens is 1. The predicted octanol–water partition coefficient (Wildman–Crippen LogP) is 1.02. The highest BCUT2D eigenvalue weighted by molar-refractivity contribution is 5.65. The molecule has 1 fully saturated rings. The topological polar surface area (TPSA) is 93.2 Å². The highest BCUT2D eigenvalue weighted by Crippen LogP contribution is 2.31. The van der Waals surface area contributed by atoms with E-state index in [0.29, 0.717) is 30.8 Å². The van der Waals surface area contributed by atoms with E-state index in [1.165, 1.54) is 0 Å². The van der Waals surface area contributed by atoms with Gasteiger partial charge in [-0.05, 0) is 18.6 Å². The molecule has 0 radical (unpaired) electrons. The Bertz CT molecular complexity index is 878. The van der Waals surface area contributed by atoms with E-state index in [0.717, 1.165) is 17.6 Å². The van der Waals surface area contributed by atoms with E-state index in [1.807, 2.05) is 35.0 Å². The van der Waals surface area contributed by atoms with Crippen molar-refractivity contribution in [1.29, 1.82) is 5.26 Å². The molecule has 7 heteroatoms. The quantitative estimate of drug-likeness (QED) is 0.753. The van der Waals surface area contributed by atoms with Crippen LogP contribution in [-0.2, 0) is 12.1 Å². The number of hydrogen-bond donors (Lipinski definition) is 2. The number of hydrogen-bond acceptors (Lipinski definition) is 5. The summed E-state index contributed by atoms with van der Waals surface area (Å²) < 4.78 is 1.97. The number of aliphatic hydroxyl groups is 1. The Kier molecular flexibility index (Phi) is 3.15. The van der Waals surface area contributed by atoms with Gasteiger partial charge in [-0.25, -0.2) is 0 Å². The van der Waals surface area contributed by atoms with Crippen molar-refractivity contribution in [2.75, 3.05) is 13.1 Å². The van der Waals surface area contributed by atoms with E-state index in [9.17, 15) is 10.4 Å². The number of likely N-dealkylation sites (tertiary alicyclic amines) is 1. The molecule has 0 aliphatic carbocycles. The van der Waals surface area contributed by atoms with Crippen molar-refractivity contribution in [1.82, 2.24) is 24.7 Å². The van der Waals surface area contributed by atoms with Gasteiger partial charge in [0.25, 0.3) is 0 Å². The normalized spacial score (nSPS) is 21.7. The minimum absolute atomic E-state index is 0.483. The molecule has 23 heavy (non-hydrogen) atoms. The summed E-state index contributed by atoms with van der Waals surface area (Å²) in [5, 5.41) is 30.5. The van der Waals surface area contributed by atoms with Gasteiger partial charge in [-0.2, -0.15) is 20.7 Å². The fourth-order valence-electron chi connectivity index (χ4n) is 3.31. The largest absolute Gasteiger partial charge is 0.382 e. The number of rotatable bonds is 3. The zero-order chi connectivity index (χ0) is 15.9. The summed E-state index contributed by atoms with van der Waals surface area (Å²) in [4.78, 5) is 2.14. The number of nitrogens with zero attached hydrogens (tertiary/aromatic N) is 5. The lowest BCUT2D eigenvalue weighted by Gasteiger charge is -2.20. The molecule has 4 heterocycles. The van der Waals surface area contributed by atoms with Crippen molar-refractivity contribution in [3.8, 4) is 6.07 Å². The van der Waals surface area contributed by atoms with E-state index in [2.05, 4.69) is 26.4 Å². The van der Waals surface area contributed by atoms with Crippen LogP contribution in [0.25, 0.3) is 5.52 Å². The van der Waals surface area contributed by atoms with Crippen LogP contribution in [0.4, 0.5) is 0 Å². The summed E-state index contributed by atoms with van der Waals surface area (Å²) in [6.07, 6.45) is 6.10. The maximum absolute atomic E-state index is 10.7. The minimum Gasteiger partial charge on any atom is -0.382 e. The van der Waals surface area contributed by atoms with Crippen LogP contribution in [0.15, 0.2) is 36.8 Å². The van der Waals surface area contributed by atoms with Gasteiger partial charge >= 0.3 is 0 Å². The molecule has 1 aliphatic rings. The van der Waals surface area contributed by atoms with Crippen LogP contribution in [0.3, 0.4) is 0 Å². The molecule has 2 N–H and O–H groups in total. The van der Waals surface area contributed by atoms with Gasteiger partial charge < -0.3 is 9.51 Å². The Hall–Kier alpha value is -2.69. The van der Waals surface area contributed by atoms with E-state index in [1.54, 1.807) is 6.20 Å². The SMILES string of the molecule is N#Cc1c(CN2CC[C@](O)(c3cn[nH]n3)C2)cn2ccccc12. The van der Waals surface area contributed by atoms with Gasteiger partial charge in [-0.3, -0.25) is 4.90 Å². The van der Waals surface area contributed by atoms with Crippen molar-refractivity contribution in [2.45, 2.75) is 18.6 Å². The number of aromatic nitrogens is 4. The number of β-amino-alcohol motifs (C(OH)–C–C–N with tert-alkyl or cyclic N) is 1. The molecule has 0 bridgehead atoms. The summed E-state index contributed by atoms with van der Waals surface area (Å²) in [5.41, 5.74) is 2.18. The first-order valence-electron chi connectivity index (χ1n) is 7.49. The molecule has 0 saturated carbocycles. The molecular formula is C16H16N6O. The average Bonchev–Trinajstić information content (AvgIpc) is 3.26. The molecule has 3 aromatic rings. The molecule has 0 aromatic carbocycles. The predicted molar refractivity (Wildman–Crippen MR) is 82.3 cm³/mol. The van der Waals surface area contributed by atoms with Crippen molar-refractivity contribution in [3.05, 3.63) is 53.6 Å². The summed E-state index contributed by atoms with van der Waals surface area (Å²) >= 11 is 0. The van der Waals surface area contributed by atoms with Gasteiger partial charge in [0.2, 0.25) is 0 Å². The lowest BCUT2D eigenvalue weighted by molar-refractivity contribution is 0.0408. The maximum Gasteiger partial charge on any atom is 0.124 e. The molecule has 3 aromatic heterocycles. The van der Waals surface area contributed by atoms with Gasteiger partial charge in [0.1, 0.15) is 17.4 Å². The van der Waals surface area contributed by atoms with Crippen LogP contribution in [0.5, 0.6) is 0 Å². The molecule has 7 nitrogen and oxygen atoms in total. The van der Waals surface area contributed by atoms with Crippen LogP contribution in [0.2, 0.25) is 0 Å². The first kappa shape index (κ1) is 13.9. The monoisotopic (exact) mass is 308 g/mol. The van der Waals surface area contributed by atoms with Crippen molar-refractivity contribution in [2.24, 2.45) is 0 Å². The lowest BCUT2D eigenvalue weighted by atomic mass is 10.00. The van der Waals surface area contributed by atoms with Crippen molar-refractivity contribution >= 4 is 5.52 Å². The van der Waals surface area contributed by atoms with E-state index in [-0.39, 0.29) is 0 Å². The van der Waals surface area contributed by atoms with Crippen LogP contribution >= 0.6 is 0 Å². The first-order chi connectivity index (χ1) is 11.2. The zero-order valence-corrected chi connectivity index (χ0v) is 12.5. The first-order valence-corrected chi connectivity index (χ1v) is 7.49. The molecule has 116 valence electrons. The molecule has 1 saturated heterocycles. The molecular weight excluding hydrogens is 292 g/mol. The third-order valence-corrected chi connectivity index (χ3v) is 4.49. The zero-order valence-electron chi connectivity index (χ0n) is 12.5. The van der Waals surface area contributed by atoms with E-state index < -0.39 is 5.60 Å². The lowest BCUT2D eigenvalue weighted by Crippen LogP contribution is -2.31. The second kappa shape index (κ2) is 5.19. The Morgan fingerprint density at radius 3 is 3.13 bits per heavy atom. The summed E-state index contributed by atoms with van der Waals surface area (Å²) in [6.45, 7) is 1.86. The summed E-state index contributed by atoms with van der Waals surface area (Å²) in [7, 11) is 0. The summed E-state index contributed by atoms with van der Waals surface area (Å²) in [6, 6.07) is 8.12. The number of aromatic amines is 1. The minimum atomic E-state index is -0.973. The molecule has 4 rings (SSSR count). The fraction of sp³-hybridized carbons (Fsp3) is 0.312. The standard InChI is InChI=1S/C16H16N6O/c17-7-13-12(10-22-5-2-1-3-14(13)22)9-21-6-4-16(23,11-21)15-8-18-20-19-15/h1-3,5,8,10,23H,4,6,9,11H2,(H,18,19,20)/t16-/m1/s1.